The van der Waals surface area contributed by atoms with E-state index in [1.807, 2.05) is 17.7 Å². The smallest absolute Gasteiger partial charge is 0.281 e. The summed E-state index contributed by atoms with van der Waals surface area (Å²) in [6.45, 7) is 4.09. The summed E-state index contributed by atoms with van der Waals surface area (Å²) in [4.78, 5) is 16.0. The number of fused-ring (bicyclic) bond motifs is 1. The summed E-state index contributed by atoms with van der Waals surface area (Å²) >= 11 is 0. The summed E-state index contributed by atoms with van der Waals surface area (Å²) < 4.78 is 14.9. The zero-order valence-electron chi connectivity index (χ0n) is 13.9. The van der Waals surface area contributed by atoms with Crippen LogP contribution in [0.2, 0.25) is 0 Å². The molecule has 0 radical (unpaired) electrons. The molecular weight excluding hydrogens is 323 g/mol. The van der Waals surface area contributed by atoms with E-state index in [4.69, 9.17) is 0 Å². The molecular formula is C17H17FN6O. The maximum absolute atomic E-state index is 13.0. The molecule has 1 aliphatic rings. The van der Waals surface area contributed by atoms with E-state index < -0.39 is 0 Å². The zero-order chi connectivity index (χ0) is 17.6. The van der Waals surface area contributed by atoms with Gasteiger partial charge in [-0.25, -0.2) is 9.07 Å². The summed E-state index contributed by atoms with van der Waals surface area (Å²) in [6, 6.07) is 7.86. The normalized spacial score (nSPS) is 19.7. The molecule has 0 spiro atoms. The second-order valence-electron chi connectivity index (χ2n) is 6.24. The molecule has 3 heterocycles. The Labute approximate surface area is 143 Å². The fraction of sp³-hybridized carbons (Fsp3) is 0.294. The highest BCUT2D eigenvalue weighted by Gasteiger charge is 2.34. The number of carbonyl (C=O) groups excluding carboxylic acids is 1. The average Bonchev–Trinajstić information content (AvgIpc) is 3.25. The van der Waals surface area contributed by atoms with E-state index in [1.54, 1.807) is 23.2 Å². The molecule has 0 N–H and O–H groups in total. The molecule has 0 bridgehead atoms. The van der Waals surface area contributed by atoms with Crippen LogP contribution < -0.4 is 4.90 Å². The number of carbonyl (C=O) groups is 1. The predicted octanol–water partition coefficient (Wildman–Crippen LogP) is 2.60. The first-order chi connectivity index (χ1) is 12.0. The molecule has 0 saturated carbocycles. The van der Waals surface area contributed by atoms with Crippen LogP contribution >= 0.6 is 0 Å². The predicted molar refractivity (Wildman–Crippen MR) is 89.1 cm³/mol. The molecule has 0 aliphatic carbocycles. The van der Waals surface area contributed by atoms with Gasteiger partial charge in [-0.05, 0) is 44.5 Å². The molecule has 128 valence electrons. The van der Waals surface area contributed by atoms with Crippen molar-refractivity contribution in [2.24, 2.45) is 0 Å². The Morgan fingerprint density at radius 1 is 1.12 bits per heavy atom. The second-order valence-corrected chi connectivity index (χ2v) is 6.24. The van der Waals surface area contributed by atoms with Crippen molar-refractivity contribution >= 4 is 11.7 Å². The van der Waals surface area contributed by atoms with Crippen molar-refractivity contribution in [2.75, 3.05) is 4.90 Å². The van der Waals surface area contributed by atoms with E-state index in [9.17, 15) is 9.18 Å². The maximum atomic E-state index is 13.0. The minimum Gasteiger partial charge on any atom is -0.289 e. The van der Waals surface area contributed by atoms with Crippen molar-refractivity contribution in [3.8, 4) is 5.69 Å². The minimum atomic E-state index is -0.336. The SMILES string of the molecule is C[C@@H]1C[C@@H](C)n2nccc2N1C(=O)c1cnn(-c2ccc(F)cc2)n1. The van der Waals surface area contributed by atoms with Crippen molar-refractivity contribution in [3.05, 3.63) is 54.2 Å². The molecule has 1 aromatic carbocycles. The Bertz CT molecular complexity index is 915. The molecule has 8 heteroatoms. The number of rotatable bonds is 2. The van der Waals surface area contributed by atoms with Gasteiger partial charge >= 0.3 is 0 Å². The van der Waals surface area contributed by atoms with Gasteiger partial charge < -0.3 is 0 Å². The topological polar surface area (TPSA) is 68.8 Å². The quantitative estimate of drug-likeness (QED) is 0.719. The van der Waals surface area contributed by atoms with Crippen molar-refractivity contribution in [1.29, 1.82) is 0 Å². The Kier molecular flexibility index (Phi) is 3.60. The lowest BCUT2D eigenvalue weighted by Crippen LogP contribution is -2.45. The number of amides is 1. The van der Waals surface area contributed by atoms with Crippen LogP contribution in [-0.4, -0.2) is 36.7 Å². The van der Waals surface area contributed by atoms with Gasteiger partial charge in [0.2, 0.25) is 0 Å². The number of aromatic nitrogens is 5. The lowest BCUT2D eigenvalue weighted by molar-refractivity contribution is 0.0961. The molecule has 0 unspecified atom stereocenters. The van der Waals surface area contributed by atoms with Crippen LogP contribution in [0.5, 0.6) is 0 Å². The molecule has 0 saturated heterocycles. The Hall–Kier alpha value is -3.03. The standard InChI is InChI=1S/C17H17FN6O/c1-11-9-12(2)23-16(7-8-19-23)22(11)17(25)15-10-20-24(21-15)14-5-3-13(18)4-6-14/h3-8,10-12H,9H2,1-2H3/t11-,12-/m1/s1. The van der Waals surface area contributed by atoms with Gasteiger partial charge in [0, 0.05) is 12.1 Å². The van der Waals surface area contributed by atoms with Crippen LogP contribution in [0.4, 0.5) is 10.2 Å². The third kappa shape index (κ3) is 2.59. The number of hydrogen-bond acceptors (Lipinski definition) is 4. The van der Waals surface area contributed by atoms with Gasteiger partial charge in [-0.2, -0.15) is 15.0 Å². The van der Waals surface area contributed by atoms with E-state index in [0.29, 0.717) is 5.69 Å². The lowest BCUT2D eigenvalue weighted by atomic mass is 10.1. The first-order valence-corrected chi connectivity index (χ1v) is 8.10. The number of nitrogens with zero attached hydrogens (tertiary/aromatic N) is 6. The summed E-state index contributed by atoms with van der Waals surface area (Å²) in [7, 11) is 0. The molecule has 2 aromatic heterocycles. The summed E-state index contributed by atoms with van der Waals surface area (Å²) in [6.07, 6.45) is 3.93. The van der Waals surface area contributed by atoms with Crippen LogP contribution in [0, 0.1) is 5.82 Å². The molecule has 7 nitrogen and oxygen atoms in total. The van der Waals surface area contributed by atoms with E-state index in [1.165, 1.54) is 23.1 Å². The Morgan fingerprint density at radius 3 is 2.64 bits per heavy atom. The van der Waals surface area contributed by atoms with E-state index in [0.717, 1.165) is 12.2 Å². The molecule has 2 atom stereocenters. The number of hydrogen-bond donors (Lipinski definition) is 0. The third-order valence-corrected chi connectivity index (χ3v) is 4.42. The Balaban J connectivity index is 1.66. The summed E-state index contributed by atoms with van der Waals surface area (Å²) in [5.41, 5.74) is 0.823. The fourth-order valence-corrected chi connectivity index (χ4v) is 3.25. The summed E-state index contributed by atoms with van der Waals surface area (Å²) in [5, 5.41) is 12.7. The van der Waals surface area contributed by atoms with Gasteiger partial charge in [-0.1, -0.05) is 0 Å². The third-order valence-electron chi connectivity index (χ3n) is 4.42. The number of benzene rings is 1. The monoisotopic (exact) mass is 340 g/mol. The first-order valence-electron chi connectivity index (χ1n) is 8.10. The van der Waals surface area contributed by atoms with Crippen LogP contribution in [0.25, 0.3) is 5.69 Å². The molecule has 3 aromatic rings. The number of halogens is 1. The van der Waals surface area contributed by atoms with Gasteiger partial charge in [0.15, 0.2) is 5.69 Å². The van der Waals surface area contributed by atoms with Crippen molar-refractivity contribution in [1.82, 2.24) is 24.8 Å². The van der Waals surface area contributed by atoms with Gasteiger partial charge in [0.05, 0.1) is 24.1 Å². The van der Waals surface area contributed by atoms with E-state index in [2.05, 4.69) is 22.2 Å². The van der Waals surface area contributed by atoms with Crippen molar-refractivity contribution in [2.45, 2.75) is 32.4 Å². The minimum absolute atomic E-state index is 0.0303. The van der Waals surface area contributed by atoms with Gasteiger partial charge in [-0.15, -0.1) is 5.10 Å². The van der Waals surface area contributed by atoms with Crippen LogP contribution in [0.15, 0.2) is 42.7 Å². The highest BCUT2D eigenvalue weighted by atomic mass is 19.1. The van der Waals surface area contributed by atoms with Crippen molar-refractivity contribution in [3.63, 3.8) is 0 Å². The van der Waals surface area contributed by atoms with Crippen LogP contribution in [0.3, 0.4) is 0 Å². The van der Waals surface area contributed by atoms with Crippen LogP contribution in [-0.2, 0) is 0 Å². The average molecular weight is 340 g/mol. The lowest BCUT2D eigenvalue weighted by Gasteiger charge is -2.36. The maximum Gasteiger partial charge on any atom is 0.281 e. The first kappa shape index (κ1) is 15.5. The second kappa shape index (κ2) is 5.80. The highest BCUT2D eigenvalue weighted by molar-refractivity contribution is 6.04. The number of anilines is 1. The van der Waals surface area contributed by atoms with Gasteiger partial charge in [0.1, 0.15) is 11.6 Å². The summed E-state index contributed by atoms with van der Waals surface area (Å²) in [5.74, 6) is 0.193. The fourth-order valence-electron chi connectivity index (χ4n) is 3.25. The van der Waals surface area contributed by atoms with E-state index in [-0.39, 0.29) is 29.5 Å². The molecule has 4 rings (SSSR count). The molecule has 25 heavy (non-hydrogen) atoms. The Morgan fingerprint density at radius 2 is 1.88 bits per heavy atom. The van der Waals surface area contributed by atoms with Gasteiger partial charge in [-0.3, -0.25) is 9.69 Å². The zero-order valence-corrected chi connectivity index (χ0v) is 13.9. The molecule has 0 fully saturated rings. The van der Waals surface area contributed by atoms with Crippen LogP contribution in [0.1, 0.15) is 36.8 Å². The van der Waals surface area contributed by atoms with Gasteiger partial charge in [0.25, 0.3) is 5.91 Å². The highest BCUT2D eigenvalue weighted by Crippen LogP contribution is 2.32. The van der Waals surface area contributed by atoms with Crippen molar-refractivity contribution < 1.29 is 9.18 Å². The largest absolute Gasteiger partial charge is 0.289 e. The van der Waals surface area contributed by atoms with E-state index >= 15 is 0 Å². The molecule has 1 aliphatic heterocycles. The molecule has 1 amide bonds.